The molecule has 1 N–H and O–H groups in total. The monoisotopic (exact) mass is 266 g/mol. The molecule has 0 saturated heterocycles. The highest BCUT2D eigenvalue weighted by molar-refractivity contribution is 4.90. The minimum atomic E-state index is 0.549. The van der Waals surface area contributed by atoms with Gasteiger partial charge in [0, 0.05) is 19.1 Å². The van der Waals surface area contributed by atoms with Crippen LogP contribution < -0.4 is 5.32 Å². The first kappa shape index (κ1) is 15.3. The maximum absolute atomic E-state index is 3.47. The molecule has 112 valence electrons. The van der Waals surface area contributed by atoms with E-state index in [0.717, 1.165) is 12.0 Å². The Morgan fingerprint density at radius 3 is 2.26 bits per heavy atom. The fourth-order valence-electron chi connectivity index (χ4n) is 4.32. The lowest BCUT2D eigenvalue weighted by Gasteiger charge is -2.44. The van der Waals surface area contributed by atoms with Crippen molar-refractivity contribution in [3.63, 3.8) is 0 Å². The Bertz CT molecular complexity index is 250. The van der Waals surface area contributed by atoms with E-state index in [1.54, 1.807) is 0 Å². The maximum Gasteiger partial charge on any atom is 0.00924 e. The van der Waals surface area contributed by atoms with E-state index in [-0.39, 0.29) is 0 Å². The van der Waals surface area contributed by atoms with Crippen LogP contribution in [0.25, 0.3) is 0 Å². The maximum atomic E-state index is 3.47. The molecule has 0 aromatic carbocycles. The molecule has 0 aliphatic heterocycles. The van der Waals surface area contributed by atoms with Gasteiger partial charge in [-0.1, -0.05) is 39.0 Å². The van der Waals surface area contributed by atoms with Crippen molar-refractivity contribution in [3.05, 3.63) is 0 Å². The van der Waals surface area contributed by atoms with Crippen LogP contribution in [-0.4, -0.2) is 38.1 Å². The van der Waals surface area contributed by atoms with Crippen LogP contribution in [0.15, 0.2) is 0 Å². The van der Waals surface area contributed by atoms with Crippen molar-refractivity contribution in [1.82, 2.24) is 10.2 Å². The third-order valence-electron chi connectivity index (χ3n) is 5.67. The van der Waals surface area contributed by atoms with Gasteiger partial charge in [0.05, 0.1) is 0 Å². The summed E-state index contributed by atoms with van der Waals surface area (Å²) in [6.45, 7) is 4.94. The fourth-order valence-corrected chi connectivity index (χ4v) is 4.32. The molecule has 2 aliphatic carbocycles. The number of nitrogens with zero attached hydrogens (tertiary/aromatic N) is 1. The van der Waals surface area contributed by atoms with Crippen LogP contribution in [0.2, 0.25) is 0 Å². The van der Waals surface area contributed by atoms with E-state index < -0.39 is 0 Å². The molecule has 0 aromatic heterocycles. The molecule has 0 spiro atoms. The zero-order valence-corrected chi connectivity index (χ0v) is 13.4. The van der Waals surface area contributed by atoms with Crippen LogP contribution in [0.1, 0.15) is 64.7 Å². The lowest BCUT2D eigenvalue weighted by atomic mass is 9.70. The molecule has 0 aromatic rings. The Morgan fingerprint density at radius 1 is 1.05 bits per heavy atom. The second-order valence-electron chi connectivity index (χ2n) is 7.42. The standard InChI is InChI=1S/C17H34N2/c1-15-9-11-17(12-10-15,13-18-2)14-19(3)16-7-5-4-6-8-16/h15-16,18H,4-14H2,1-3H3. The van der Waals surface area contributed by atoms with Crippen molar-refractivity contribution in [3.8, 4) is 0 Å². The number of nitrogens with one attached hydrogen (secondary N) is 1. The molecule has 0 atom stereocenters. The Kier molecular flexibility index (Phi) is 5.70. The second kappa shape index (κ2) is 7.08. The predicted molar refractivity (Wildman–Crippen MR) is 83.5 cm³/mol. The van der Waals surface area contributed by atoms with E-state index >= 15 is 0 Å². The SMILES string of the molecule is CNCC1(CN(C)C2CCCCC2)CCC(C)CC1. The van der Waals surface area contributed by atoms with Crippen LogP contribution in [0.3, 0.4) is 0 Å². The summed E-state index contributed by atoms with van der Waals surface area (Å²) in [6.07, 6.45) is 12.9. The topological polar surface area (TPSA) is 15.3 Å². The third-order valence-corrected chi connectivity index (χ3v) is 5.67. The second-order valence-corrected chi connectivity index (χ2v) is 7.42. The van der Waals surface area contributed by atoms with Crippen molar-refractivity contribution >= 4 is 0 Å². The molecule has 0 amide bonds. The van der Waals surface area contributed by atoms with E-state index in [4.69, 9.17) is 0 Å². The average molecular weight is 266 g/mol. The van der Waals surface area contributed by atoms with E-state index in [2.05, 4.69) is 31.2 Å². The number of hydrogen-bond acceptors (Lipinski definition) is 2. The van der Waals surface area contributed by atoms with E-state index in [1.165, 1.54) is 70.9 Å². The first-order chi connectivity index (χ1) is 9.15. The molecule has 0 bridgehead atoms. The molecule has 2 saturated carbocycles. The smallest absolute Gasteiger partial charge is 0.00924 e. The fraction of sp³-hybridized carbons (Fsp3) is 1.00. The molecule has 2 aliphatic rings. The normalized spacial score (nSPS) is 33.8. The lowest BCUT2D eigenvalue weighted by Crippen LogP contribution is -2.47. The molecule has 2 rings (SSSR count). The van der Waals surface area contributed by atoms with Crippen LogP contribution in [0, 0.1) is 11.3 Å². The van der Waals surface area contributed by atoms with Gasteiger partial charge in [-0.15, -0.1) is 0 Å². The minimum absolute atomic E-state index is 0.549. The van der Waals surface area contributed by atoms with Crippen molar-refractivity contribution in [2.45, 2.75) is 70.8 Å². The van der Waals surface area contributed by atoms with Gasteiger partial charge in [0.15, 0.2) is 0 Å². The van der Waals surface area contributed by atoms with Crippen molar-refractivity contribution in [2.75, 3.05) is 27.2 Å². The molecule has 2 fully saturated rings. The summed E-state index contributed by atoms with van der Waals surface area (Å²) < 4.78 is 0. The van der Waals surface area contributed by atoms with Gasteiger partial charge in [-0.3, -0.25) is 0 Å². The van der Waals surface area contributed by atoms with Gasteiger partial charge in [0.2, 0.25) is 0 Å². The highest BCUT2D eigenvalue weighted by Crippen LogP contribution is 2.39. The first-order valence-corrected chi connectivity index (χ1v) is 8.50. The van der Waals surface area contributed by atoms with Gasteiger partial charge in [-0.05, 0) is 51.1 Å². The molecule has 0 radical (unpaired) electrons. The summed E-state index contributed by atoms with van der Waals surface area (Å²) in [6, 6.07) is 0.863. The summed E-state index contributed by atoms with van der Waals surface area (Å²) in [4.78, 5) is 2.70. The van der Waals surface area contributed by atoms with E-state index in [9.17, 15) is 0 Å². The Balaban J connectivity index is 1.91. The zero-order valence-electron chi connectivity index (χ0n) is 13.4. The first-order valence-electron chi connectivity index (χ1n) is 8.50. The molecular formula is C17H34N2. The van der Waals surface area contributed by atoms with Crippen LogP contribution in [0.4, 0.5) is 0 Å². The van der Waals surface area contributed by atoms with Gasteiger partial charge in [-0.2, -0.15) is 0 Å². The largest absolute Gasteiger partial charge is 0.319 e. The van der Waals surface area contributed by atoms with Gasteiger partial charge in [0.25, 0.3) is 0 Å². The summed E-state index contributed by atoms with van der Waals surface area (Å²) >= 11 is 0. The highest BCUT2D eigenvalue weighted by Gasteiger charge is 2.35. The summed E-state index contributed by atoms with van der Waals surface area (Å²) in [5, 5.41) is 3.47. The van der Waals surface area contributed by atoms with Crippen molar-refractivity contribution in [1.29, 1.82) is 0 Å². The molecule has 2 heteroatoms. The summed E-state index contributed by atoms with van der Waals surface area (Å²) in [5.74, 6) is 0.949. The van der Waals surface area contributed by atoms with Crippen LogP contribution in [0.5, 0.6) is 0 Å². The minimum Gasteiger partial charge on any atom is -0.319 e. The number of hydrogen-bond donors (Lipinski definition) is 1. The summed E-state index contributed by atoms with van der Waals surface area (Å²) in [7, 11) is 4.51. The Hall–Kier alpha value is -0.0800. The third kappa shape index (κ3) is 4.19. The zero-order chi connectivity index (χ0) is 13.7. The lowest BCUT2D eigenvalue weighted by molar-refractivity contribution is 0.0694. The van der Waals surface area contributed by atoms with Crippen molar-refractivity contribution in [2.24, 2.45) is 11.3 Å². The Morgan fingerprint density at radius 2 is 1.68 bits per heavy atom. The average Bonchev–Trinajstić information content (AvgIpc) is 2.43. The Labute approximate surface area is 120 Å². The number of rotatable bonds is 5. The van der Waals surface area contributed by atoms with Crippen LogP contribution >= 0.6 is 0 Å². The predicted octanol–water partition coefficient (Wildman–Crippen LogP) is 3.67. The molecular weight excluding hydrogens is 232 g/mol. The van der Waals surface area contributed by atoms with Gasteiger partial charge >= 0.3 is 0 Å². The molecule has 19 heavy (non-hydrogen) atoms. The van der Waals surface area contributed by atoms with Gasteiger partial charge < -0.3 is 10.2 Å². The van der Waals surface area contributed by atoms with E-state index in [1.807, 2.05) is 0 Å². The molecule has 2 nitrogen and oxygen atoms in total. The van der Waals surface area contributed by atoms with Gasteiger partial charge in [0.1, 0.15) is 0 Å². The van der Waals surface area contributed by atoms with Gasteiger partial charge in [-0.25, -0.2) is 0 Å². The summed E-state index contributed by atoms with van der Waals surface area (Å²) in [5.41, 5.74) is 0.549. The highest BCUT2D eigenvalue weighted by atomic mass is 15.1. The molecule has 0 unspecified atom stereocenters. The van der Waals surface area contributed by atoms with Crippen LogP contribution in [-0.2, 0) is 0 Å². The quantitative estimate of drug-likeness (QED) is 0.817. The van der Waals surface area contributed by atoms with E-state index in [0.29, 0.717) is 5.41 Å². The van der Waals surface area contributed by atoms with Crippen molar-refractivity contribution < 1.29 is 0 Å². The molecule has 0 heterocycles.